The zero-order chi connectivity index (χ0) is 20.9. The van der Waals surface area contributed by atoms with Gasteiger partial charge in [-0.15, -0.1) is 0 Å². The van der Waals surface area contributed by atoms with Crippen molar-refractivity contribution in [2.75, 3.05) is 31.2 Å². The van der Waals surface area contributed by atoms with E-state index in [0.29, 0.717) is 55.5 Å². The summed E-state index contributed by atoms with van der Waals surface area (Å²) in [6, 6.07) is 6.64. The van der Waals surface area contributed by atoms with Gasteiger partial charge in [-0.05, 0) is 17.7 Å². The first kappa shape index (κ1) is 19.7. The lowest BCUT2D eigenvalue weighted by molar-refractivity contribution is 0.0706. The summed E-state index contributed by atoms with van der Waals surface area (Å²) in [7, 11) is 0. The van der Waals surface area contributed by atoms with Gasteiger partial charge in [0.15, 0.2) is 5.82 Å². The van der Waals surface area contributed by atoms with E-state index in [2.05, 4.69) is 15.0 Å². The molecule has 0 spiro atoms. The number of carbonyl (C=O) groups is 1. The average molecular weight is 408 g/mol. The van der Waals surface area contributed by atoms with E-state index in [4.69, 9.17) is 9.94 Å². The Kier molecular flexibility index (Phi) is 5.77. The van der Waals surface area contributed by atoms with Crippen LogP contribution in [-0.4, -0.2) is 56.9 Å². The number of rotatable bonds is 5. The topological polar surface area (TPSA) is 122 Å². The van der Waals surface area contributed by atoms with Crippen LogP contribution in [0.2, 0.25) is 0 Å². The van der Waals surface area contributed by atoms with Crippen molar-refractivity contribution < 1.29 is 14.7 Å². The Morgan fingerprint density at radius 1 is 1.13 bits per heavy atom. The highest BCUT2D eigenvalue weighted by molar-refractivity contribution is 5.93. The second-order valence-electron chi connectivity index (χ2n) is 6.75. The van der Waals surface area contributed by atoms with Gasteiger partial charge in [-0.3, -0.25) is 14.8 Å². The minimum absolute atomic E-state index is 0.213. The van der Waals surface area contributed by atoms with Crippen molar-refractivity contribution >= 4 is 11.7 Å². The van der Waals surface area contributed by atoms with Gasteiger partial charge < -0.3 is 14.2 Å². The number of carbonyl (C=O) groups excluding carboxylic acids is 1. The van der Waals surface area contributed by atoms with E-state index >= 15 is 0 Å². The molecule has 3 aromatic rings. The third kappa shape index (κ3) is 4.19. The molecule has 0 aliphatic carbocycles. The fourth-order valence-electron chi connectivity index (χ4n) is 3.22. The maximum Gasteiger partial charge on any atom is 0.293 e. The Hall–Kier alpha value is -3.63. The van der Waals surface area contributed by atoms with Gasteiger partial charge in [0.1, 0.15) is 6.33 Å². The largest absolute Gasteiger partial charge is 0.378 e. The Bertz CT molecular complexity index is 1080. The molecular weight excluding hydrogens is 388 g/mol. The van der Waals surface area contributed by atoms with Crippen LogP contribution in [0.5, 0.6) is 0 Å². The van der Waals surface area contributed by atoms with E-state index in [1.54, 1.807) is 52.9 Å². The highest BCUT2D eigenvalue weighted by atomic mass is 16.5. The minimum atomic E-state index is -0.594. The lowest BCUT2D eigenvalue weighted by Gasteiger charge is -2.28. The van der Waals surface area contributed by atoms with Crippen LogP contribution in [0.4, 0.5) is 5.82 Å². The standard InChI is InChI=1S/C20H20N6O4/c27-19(24-29)15-3-1-14(2-4-15)11-26-12-17(16-9-21-13-22-10-16)23-18(20(26)28)25-5-7-30-8-6-25/h1-4,9-10,12-13,29H,5-8,11H2,(H,24,27). The third-order valence-electron chi connectivity index (χ3n) is 4.79. The number of nitrogens with zero attached hydrogens (tertiary/aromatic N) is 5. The second kappa shape index (κ2) is 8.80. The highest BCUT2D eigenvalue weighted by Crippen LogP contribution is 2.18. The van der Waals surface area contributed by atoms with Crippen LogP contribution < -0.4 is 15.9 Å². The summed E-state index contributed by atoms with van der Waals surface area (Å²) in [5, 5.41) is 8.75. The smallest absolute Gasteiger partial charge is 0.293 e. The van der Waals surface area contributed by atoms with Crippen LogP contribution in [-0.2, 0) is 11.3 Å². The number of hydroxylamine groups is 1. The summed E-state index contributed by atoms with van der Waals surface area (Å²) in [6.45, 7) is 2.53. The van der Waals surface area contributed by atoms with Crippen LogP contribution in [0.25, 0.3) is 11.3 Å². The van der Waals surface area contributed by atoms with Crippen LogP contribution >= 0.6 is 0 Å². The Labute approximate surface area is 171 Å². The van der Waals surface area contributed by atoms with E-state index in [1.807, 2.05) is 4.90 Å². The molecule has 1 aliphatic heterocycles. The predicted molar refractivity (Wildman–Crippen MR) is 107 cm³/mol. The van der Waals surface area contributed by atoms with E-state index in [9.17, 15) is 9.59 Å². The van der Waals surface area contributed by atoms with Crippen molar-refractivity contribution in [3.05, 3.63) is 70.7 Å². The molecule has 30 heavy (non-hydrogen) atoms. The normalized spacial score (nSPS) is 13.8. The van der Waals surface area contributed by atoms with Gasteiger partial charge in [-0.25, -0.2) is 20.4 Å². The summed E-state index contributed by atoms with van der Waals surface area (Å²) >= 11 is 0. The van der Waals surface area contributed by atoms with Gasteiger partial charge in [0, 0.05) is 42.8 Å². The lowest BCUT2D eigenvalue weighted by atomic mass is 10.1. The molecule has 1 aromatic carbocycles. The van der Waals surface area contributed by atoms with E-state index in [0.717, 1.165) is 5.56 Å². The fourth-order valence-corrected chi connectivity index (χ4v) is 3.22. The van der Waals surface area contributed by atoms with Crippen molar-refractivity contribution in [2.24, 2.45) is 0 Å². The van der Waals surface area contributed by atoms with Crippen molar-refractivity contribution in [3.63, 3.8) is 0 Å². The molecule has 1 saturated heterocycles. The van der Waals surface area contributed by atoms with Crippen molar-refractivity contribution in [1.29, 1.82) is 0 Å². The summed E-state index contributed by atoms with van der Waals surface area (Å²) in [5.41, 5.74) is 3.82. The molecule has 2 aromatic heterocycles. The third-order valence-corrected chi connectivity index (χ3v) is 4.79. The quantitative estimate of drug-likeness (QED) is 0.467. The number of ether oxygens (including phenoxy) is 1. The van der Waals surface area contributed by atoms with Gasteiger partial charge in [0.25, 0.3) is 11.5 Å². The summed E-state index contributed by atoms with van der Waals surface area (Å²) < 4.78 is 6.98. The molecule has 0 radical (unpaired) electrons. The zero-order valence-electron chi connectivity index (χ0n) is 16.1. The van der Waals surface area contributed by atoms with Gasteiger partial charge in [-0.2, -0.15) is 0 Å². The molecule has 1 aliphatic rings. The Morgan fingerprint density at radius 3 is 2.50 bits per heavy atom. The SMILES string of the molecule is O=C(NO)c1ccc(Cn2cc(-c3cncnc3)nc(N3CCOCC3)c2=O)cc1. The Morgan fingerprint density at radius 2 is 1.83 bits per heavy atom. The first-order valence-electron chi connectivity index (χ1n) is 9.38. The number of hydrogen-bond acceptors (Lipinski definition) is 8. The highest BCUT2D eigenvalue weighted by Gasteiger charge is 2.19. The molecule has 10 nitrogen and oxygen atoms in total. The monoisotopic (exact) mass is 408 g/mol. The molecule has 4 rings (SSSR count). The lowest BCUT2D eigenvalue weighted by Crippen LogP contribution is -2.41. The zero-order valence-corrected chi connectivity index (χ0v) is 16.1. The van der Waals surface area contributed by atoms with Crippen LogP contribution in [0, 0.1) is 0 Å². The predicted octanol–water partition coefficient (Wildman–Crippen LogP) is 0.704. The molecule has 3 heterocycles. The first-order valence-corrected chi connectivity index (χ1v) is 9.38. The summed E-state index contributed by atoms with van der Waals surface area (Å²) in [4.78, 5) is 39.3. The molecule has 0 saturated carbocycles. The molecule has 1 amide bonds. The van der Waals surface area contributed by atoms with Gasteiger partial charge in [-0.1, -0.05) is 12.1 Å². The second-order valence-corrected chi connectivity index (χ2v) is 6.75. The van der Waals surface area contributed by atoms with Crippen molar-refractivity contribution in [1.82, 2.24) is 25.0 Å². The van der Waals surface area contributed by atoms with E-state index in [-0.39, 0.29) is 5.56 Å². The van der Waals surface area contributed by atoms with Crippen LogP contribution in [0.15, 0.2) is 54.0 Å². The first-order chi connectivity index (χ1) is 14.7. The van der Waals surface area contributed by atoms with Crippen molar-refractivity contribution in [2.45, 2.75) is 6.54 Å². The van der Waals surface area contributed by atoms with Gasteiger partial charge in [0.05, 0.1) is 25.5 Å². The van der Waals surface area contributed by atoms with Gasteiger partial charge in [0.2, 0.25) is 0 Å². The number of nitrogens with one attached hydrogen (secondary N) is 1. The average Bonchev–Trinajstić information content (AvgIpc) is 2.81. The minimum Gasteiger partial charge on any atom is -0.378 e. The van der Waals surface area contributed by atoms with E-state index < -0.39 is 5.91 Å². The van der Waals surface area contributed by atoms with E-state index in [1.165, 1.54) is 6.33 Å². The van der Waals surface area contributed by atoms with Crippen LogP contribution in [0.3, 0.4) is 0 Å². The molecule has 10 heteroatoms. The molecule has 0 unspecified atom stereocenters. The summed E-state index contributed by atoms with van der Waals surface area (Å²) in [6.07, 6.45) is 6.41. The van der Waals surface area contributed by atoms with Crippen LogP contribution in [0.1, 0.15) is 15.9 Å². The van der Waals surface area contributed by atoms with Gasteiger partial charge >= 0.3 is 0 Å². The Balaban J connectivity index is 1.72. The summed E-state index contributed by atoms with van der Waals surface area (Å²) in [5.74, 6) is -0.237. The molecule has 1 fully saturated rings. The molecule has 0 atom stereocenters. The number of anilines is 1. The maximum absolute atomic E-state index is 13.2. The number of hydrogen-bond donors (Lipinski definition) is 2. The maximum atomic E-state index is 13.2. The number of amides is 1. The number of benzene rings is 1. The molecular formula is C20H20N6O4. The molecule has 0 bridgehead atoms. The molecule has 154 valence electrons. The number of aromatic nitrogens is 4. The fraction of sp³-hybridized carbons (Fsp3) is 0.250. The number of morpholine rings is 1. The molecule has 2 N–H and O–H groups in total. The van der Waals surface area contributed by atoms with Crippen molar-refractivity contribution in [3.8, 4) is 11.3 Å².